The van der Waals surface area contributed by atoms with E-state index in [1.807, 2.05) is 18.2 Å². The summed E-state index contributed by atoms with van der Waals surface area (Å²) in [7, 11) is 1.62. The number of aliphatic imine (C=N–C) groups is 1. The number of benzene rings is 2. The molecule has 0 radical (unpaired) electrons. The molecule has 0 aliphatic carbocycles. The Hall–Kier alpha value is -1.49. The Labute approximate surface area is 163 Å². The van der Waals surface area contributed by atoms with Crippen molar-refractivity contribution in [3.05, 3.63) is 53.8 Å². The summed E-state index contributed by atoms with van der Waals surface area (Å²) in [6, 6.07) is 11.9. The summed E-state index contributed by atoms with van der Waals surface area (Å²) in [6.07, 6.45) is 1.68. The minimum Gasteiger partial charge on any atom is -0.495 e. The Morgan fingerprint density at radius 2 is 1.84 bits per heavy atom. The number of ether oxygens (including phenoxy) is 1. The number of halogens is 4. The molecule has 0 N–H and O–H groups in total. The first-order chi connectivity index (χ1) is 11.7. The molecular weight excluding hydrogens is 386 g/mol. The summed E-state index contributed by atoms with van der Waals surface area (Å²) in [6.45, 7) is 1.36. The van der Waals surface area contributed by atoms with E-state index in [9.17, 15) is 4.39 Å². The first kappa shape index (κ1) is 21.6. The molecule has 0 aliphatic rings. The maximum absolute atomic E-state index is 13.2. The average molecular weight is 406 g/mol. The van der Waals surface area contributed by atoms with E-state index >= 15 is 0 Å². The predicted molar refractivity (Wildman–Crippen MR) is 108 cm³/mol. The number of nitrogens with zero attached hydrogens (tertiary/aromatic N) is 2. The van der Waals surface area contributed by atoms with Gasteiger partial charge in [-0.1, -0.05) is 12.1 Å². The zero-order valence-electron chi connectivity index (χ0n) is 13.8. The fourth-order valence-corrected chi connectivity index (χ4v) is 2.71. The van der Waals surface area contributed by atoms with Gasteiger partial charge in [-0.2, -0.15) is 0 Å². The van der Waals surface area contributed by atoms with Gasteiger partial charge in [0.1, 0.15) is 11.6 Å². The molecule has 2 rings (SSSR count). The lowest BCUT2D eigenvalue weighted by atomic mass is 10.2. The molecule has 0 fully saturated rings. The van der Waals surface area contributed by atoms with Gasteiger partial charge in [-0.25, -0.2) is 4.39 Å². The van der Waals surface area contributed by atoms with Crippen LogP contribution >= 0.6 is 35.6 Å². The highest BCUT2D eigenvalue weighted by Gasteiger charge is 2.11. The van der Waals surface area contributed by atoms with Crippen molar-refractivity contribution >= 4 is 53.2 Å². The fraction of sp³-hybridized carbons (Fsp3) is 0.278. The van der Waals surface area contributed by atoms with Crippen molar-refractivity contribution in [3.8, 4) is 5.75 Å². The van der Waals surface area contributed by atoms with E-state index in [4.69, 9.17) is 27.9 Å². The van der Waals surface area contributed by atoms with E-state index in [2.05, 4.69) is 9.89 Å². The molecule has 0 aromatic heterocycles. The summed E-state index contributed by atoms with van der Waals surface area (Å²) in [5.41, 5.74) is 2.35. The van der Waals surface area contributed by atoms with Crippen LogP contribution in [0.2, 0.25) is 0 Å². The lowest BCUT2D eigenvalue weighted by molar-refractivity contribution is 0.414. The molecule has 0 spiro atoms. The Kier molecular flexibility index (Phi) is 9.65. The maximum atomic E-state index is 13.2. The minimum atomic E-state index is -0.310. The third-order valence-corrected chi connectivity index (χ3v) is 3.76. The topological polar surface area (TPSA) is 24.8 Å². The van der Waals surface area contributed by atoms with Gasteiger partial charge in [0.25, 0.3) is 0 Å². The first-order valence-electron chi connectivity index (χ1n) is 7.52. The largest absolute Gasteiger partial charge is 0.495 e. The molecule has 25 heavy (non-hydrogen) atoms. The van der Waals surface area contributed by atoms with Gasteiger partial charge in [0.2, 0.25) is 0 Å². The number of anilines is 1. The van der Waals surface area contributed by atoms with Crippen LogP contribution in [-0.2, 0) is 0 Å². The van der Waals surface area contributed by atoms with Crippen molar-refractivity contribution < 1.29 is 9.13 Å². The second-order valence-corrected chi connectivity index (χ2v) is 5.79. The highest BCUT2D eigenvalue weighted by molar-refractivity contribution is 6.18. The summed E-state index contributed by atoms with van der Waals surface area (Å²) in [5.74, 6) is 1.41. The van der Waals surface area contributed by atoms with E-state index in [1.54, 1.807) is 25.5 Å². The Morgan fingerprint density at radius 3 is 2.44 bits per heavy atom. The lowest BCUT2D eigenvalue weighted by Crippen LogP contribution is -2.28. The number of alkyl halides is 2. The fourth-order valence-electron chi connectivity index (χ4n) is 2.30. The van der Waals surface area contributed by atoms with Crippen LogP contribution in [0.3, 0.4) is 0 Å². The predicted octanol–water partition coefficient (Wildman–Crippen LogP) is 5.29. The molecule has 0 saturated heterocycles. The van der Waals surface area contributed by atoms with Gasteiger partial charge < -0.3 is 9.64 Å². The van der Waals surface area contributed by atoms with Crippen LogP contribution in [0, 0.1) is 5.82 Å². The highest BCUT2D eigenvalue weighted by Crippen LogP contribution is 2.29. The van der Waals surface area contributed by atoms with E-state index in [0.29, 0.717) is 36.3 Å². The summed E-state index contributed by atoms with van der Waals surface area (Å²) >= 11 is 11.7. The van der Waals surface area contributed by atoms with Crippen LogP contribution in [-0.4, -0.2) is 38.2 Å². The molecule has 0 atom stereocenters. The van der Waals surface area contributed by atoms with E-state index in [1.165, 1.54) is 12.1 Å². The molecule has 0 amide bonds. The van der Waals surface area contributed by atoms with Gasteiger partial charge in [-0.3, -0.25) is 4.99 Å². The Balaban J connectivity index is 0.00000312. The molecule has 0 saturated carbocycles. The van der Waals surface area contributed by atoms with E-state index in [-0.39, 0.29) is 18.2 Å². The molecule has 7 heteroatoms. The monoisotopic (exact) mass is 404 g/mol. The van der Waals surface area contributed by atoms with Crippen molar-refractivity contribution in [2.75, 3.05) is 36.9 Å². The van der Waals surface area contributed by atoms with E-state index < -0.39 is 0 Å². The van der Waals surface area contributed by atoms with E-state index in [0.717, 1.165) is 11.3 Å². The van der Waals surface area contributed by atoms with Crippen molar-refractivity contribution in [1.82, 2.24) is 0 Å². The number of rotatable bonds is 8. The first-order valence-corrected chi connectivity index (χ1v) is 8.59. The zero-order valence-corrected chi connectivity index (χ0v) is 16.1. The van der Waals surface area contributed by atoms with Gasteiger partial charge in [0.05, 0.1) is 18.5 Å². The zero-order chi connectivity index (χ0) is 17.4. The third kappa shape index (κ3) is 6.38. The molecule has 3 nitrogen and oxygen atoms in total. The summed E-state index contributed by atoms with van der Waals surface area (Å²) < 4.78 is 18.7. The molecule has 2 aromatic rings. The number of hydrogen-bond acceptors (Lipinski definition) is 3. The van der Waals surface area contributed by atoms with Crippen molar-refractivity contribution in [1.29, 1.82) is 0 Å². The van der Waals surface area contributed by atoms with Gasteiger partial charge in [0, 0.05) is 31.1 Å². The van der Waals surface area contributed by atoms with Gasteiger partial charge in [-0.05, 0) is 35.9 Å². The normalized spacial score (nSPS) is 10.6. The van der Waals surface area contributed by atoms with Crippen LogP contribution < -0.4 is 9.64 Å². The van der Waals surface area contributed by atoms with Crippen LogP contribution in [0.1, 0.15) is 5.56 Å². The van der Waals surface area contributed by atoms with Crippen LogP contribution in [0.4, 0.5) is 15.8 Å². The maximum Gasteiger partial charge on any atom is 0.142 e. The molecule has 0 unspecified atom stereocenters. The van der Waals surface area contributed by atoms with Gasteiger partial charge in [0.15, 0.2) is 0 Å². The van der Waals surface area contributed by atoms with Gasteiger partial charge in [-0.15, -0.1) is 35.6 Å². The molecule has 2 aromatic carbocycles. The Morgan fingerprint density at radius 1 is 1.12 bits per heavy atom. The smallest absolute Gasteiger partial charge is 0.142 e. The molecule has 0 bridgehead atoms. The van der Waals surface area contributed by atoms with Gasteiger partial charge >= 0.3 is 0 Å². The SMILES string of the molecule is COc1cc(C=Nc2cccc(F)c2)ccc1N(CCCl)CCCl.Cl. The van der Waals surface area contributed by atoms with Crippen LogP contribution in [0.15, 0.2) is 47.5 Å². The molecular formula is C18H20Cl3FN2O. The number of methoxy groups -OCH3 is 1. The average Bonchev–Trinajstić information content (AvgIpc) is 2.59. The minimum absolute atomic E-state index is 0. The quantitative estimate of drug-likeness (QED) is 0.440. The van der Waals surface area contributed by atoms with Crippen molar-refractivity contribution in [3.63, 3.8) is 0 Å². The second kappa shape index (κ2) is 11.2. The van der Waals surface area contributed by atoms with Crippen molar-refractivity contribution in [2.24, 2.45) is 4.99 Å². The lowest BCUT2D eigenvalue weighted by Gasteiger charge is -2.25. The highest BCUT2D eigenvalue weighted by atomic mass is 35.5. The van der Waals surface area contributed by atoms with Crippen molar-refractivity contribution in [2.45, 2.75) is 0 Å². The van der Waals surface area contributed by atoms with Crippen LogP contribution in [0.5, 0.6) is 5.75 Å². The standard InChI is InChI=1S/C18H19Cl2FN2O.ClH/c1-24-18-11-14(13-22-16-4-2-3-15(21)12-16)5-6-17(18)23(9-7-19)10-8-20;/h2-6,11-13H,7-10H2,1H3;1H. The Bertz CT molecular complexity index is 692. The summed E-state index contributed by atoms with van der Waals surface area (Å²) in [5, 5.41) is 0. The number of hydrogen-bond donors (Lipinski definition) is 0. The van der Waals surface area contributed by atoms with Crippen LogP contribution in [0.25, 0.3) is 0 Å². The molecule has 0 aliphatic heterocycles. The molecule has 0 heterocycles. The summed E-state index contributed by atoms with van der Waals surface area (Å²) in [4.78, 5) is 6.36. The molecule has 136 valence electrons. The second-order valence-electron chi connectivity index (χ2n) is 5.03. The third-order valence-electron chi connectivity index (χ3n) is 3.42.